The molecule has 1 aliphatic carbocycles. The number of benzene rings is 2. The number of fused-ring (bicyclic) bond motifs is 3. The minimum Gasteiger partial charge on any atom is -0.0564 e. The maximum atomic E-state index is 3.59. The first-order valence-electron chi connectivity index (χ1n) is 6.33. The van der Waals surface area contributed by atoms with Crippen molar-refractivity contribution in [2.24, 2.45) is 0 Å². The Hall–Kier alpha value is -1.08. The molecule has 0 bridgehead atoms. The minimum atomic E-state index is 0.115. The fourth-order valence-corrected chi connectivity index (χ4v) is 3.35. The van der Waals surface area contributed by atoms with Gasteiger partial charge in [-0.25, -0.2) is 0 Å². The fraction of sp³-hybridized carbons (Fsp3) is 0.294. The zero-order valence-corrected chi connectivity index (χ0v) is 12.9. The number of rotatable bonds is 0. The van der Waals surface area contributed by atoms with Crippen LogP contribution in [0.1, 0.15) is 36.1 Å². The number of hydrogen-bond donors (Lipinski definition) is 0. The van der Waals surface area contributed by atoms with Gasteiger partial charge in [-0.2, -0.15) is 0 Å². The van der Waals surface area contributed by atoms with Gasteiger partial charge in [0.1, 0.15) is 0 Å². The van der Waals surface area contributed by atoms with Crippen LogP contribution in [-0.4, -0.2) is 0 Å². The maximum absolute atomic E-state index is 3.59. The van der Waals surface area contributed by atoms with Crippen LogP contribution in [0.2, 0.25) is 0 Å². The molecule has 0 aromatic heterocycles. The summed E-state index contributed by atoms with van der Waals surface area (Å²) in [6.07, 6.45) is 0. The van der Waals surface area contributed by atoms with Gasteiger partial charge >= 0.3 is 0 Å². The molecule has 0 aliphatic heterocycles. The Bertz CT molecular complexity index is 651. The van der Waals surface area contributed by atoms with Crippen LogP contribution in [0.3, 0.4) is 0 Å². The van der Waals surface area contributed by atoms with Crippen LogP contribution in [0.25, 0.3) is 11.1 Å². The second kappa shape index (κ2) is 3.71. The summed E-state index contributed by atoms with van der Waals surface area (Å²) in [5.74, 6) is 0. The largest absolute Gasteiger partial charge is 0.0564 e. The predicted octanol–water partition coefficient (Wildman–Crippen LogP) is 5.37. The highest BCUT2D eigenvalue weighted by atomic mass is 79.9. The van der Waals surface area contributed by atoms with E-state index in [9.17, 15) is 0 Å². The van der Waals surface area contributed by atoms with E-state index >= 15 is 0 Å². The van der Waals surface area contributed by atoms with Crippen LogP contribution >= 0.6 is 15.9 Å². The molecular weight excluding hydrogens is 284 g/mol. The quantitative estimate of drug-likeness (QED) is 0.613. The Morgan fingerprint density at radius 2 is 1.44 bits per heavy atom. The molecule has 2 aromatic carbocycles. The molecule has 0 amide bonds. The van der Waals surface area contributed by atoms with Crippen LogP contribution in [0.5, 0.6) is 0 Å². The smallest absolute Gasteiger partial charge is 0.0181 e. The molecule has 0 spiro atoms. The van der Waals surface area contributed by atoms with Crippen LogP contribution < -0.4 is 0 Å². The lowest BCUT2D eigenvalue weighted by Crippen LogP contribution is -2.15. The van der Waals surface area contributed by atoms with E-state index in [2.05, 4.69) is 74.0 Å². The maximum Gasteiger partial charge on any atom is 0.0181 e. The first-order chi connectivity index (χ1) is 8.41. The van der Waals surface area contributed by atoms with Crippen LogP contribution in [-0.2, 0) is 5.41 Å². The highest BCUT2D eigenvalue weighted by molar-refractivity contribution is 9.10. The molecule has 0 nitrogen and oxygen atoms in total. The van der Waals surface area contributed by atoms with E-state index in [1.807, 2.05) is 0 Å². The van der Waals surface area contributed by atoms with Gasteiger partial charge in [0.2, 0.25) is 0 Å². The number of halogens is 1. The molecular formula is C17H17Br. The van der Waals surface area contributed by atoms with Crippen molar-refractivity contribution >= 4 is 15.9 Å². The highest BCUT2D eigenvalue weighted by Gasteiger charge is 2.35. The summed E-state index contributed by atoms with van der Waals surface area (Å²) >= 11 is 3.59. The van der Waals surface area contributed by atoms with Crippen LogP contribution in [0.15, 0.2) is 34.8 Å². The SMILES string of the molecule is Cc1cc2c(cc1C)C(C)(C)c1ccc(Br)cc1-2. The summed E-state index contributed by atoms with van der Waals surface area (Å²) < 4.78 is 1.16. The Kier molecular flexibility index (Phi) is 2.47. The Labute approximate surface area is 117 Å². The lowest BCUT2D eigenvalue weighted by molar-refractivity contribution is 0.659. The van der Waals surface area contributed by atoms with Gasteiger partial charge in [0.15, 0.2) is 0 Å². The van der Waals surface area contributed by atoms with E-state index in [1.165, 1.54) is 33.4 Å². The topological polar surface area (TPSA) is 0 Å². The lowest BCUT2D eigenvalue weighted by Gasteiger charge is -2.22. The van der Waals surface area contributed by atoms with Crippen LogP contribution in [0, 0.1) is 13.8 Å². The zero-order chi connectivity index (χ0) is 13.1. The van der Waals surface area contributed by atoms with Crippen LogP contribution in [0.4, 0.5) is 0 Å². The molecule has 0 N–H and O–H groups in total. The molecule has 0 unspecified atom stereocenters. The fourth-order valence-electron chi connectivity index (χ4n) is 2.99. The molecule has 3 rings (SSSR count). The zero-order valence-electron chi connectivity index (χ0n) is 11.3. The second-order valence-electron chi connectivity index (χ2n) is 5.80. The lowest BCUT2D eigenvalue weighted by atomic mass is 9.82. The van der Waals surface area contributed by atoms with E-state index in [-0.39, 0.29) is 5.41 Å². The van der Waals surface area contributed by atoms with Gasteiger partial charge in [-0.1, -0.05) is 48.0 Å². The molecule has 0 radical (unpaired) electrons. The summed E-state index contributed by atoms with van der Waals surface area (Å²) in [4.78, 5) is 0. The Morgan fingerprint density at radius 1 is 0.833 bits per heavy atom. The predicted molar refractivity (Wildman–Crippen MR) is 81.2 cm³/mol. The van der Waals surface area contributed by atoms with Gasteiger partial charge in [0.25, 0.3) is 0 Å². The van der Waals surface area contributed by atoms with Crippen molar-refractivity contribution in [2.45, 2.75) is 33.1 Å². The van der Waals surface area contributed by atoms with Crippen molar-refractivity contribution in [3.05, 3.63) is 57.1 Å². The monoisotopic (exact) mass is 300 g/mol. The third kappa shape index (κ3) is 1.50. The summed E-state index contributed by atoms with van der Waals surface area (Å²) in [5.41, 5.74) is 8.55. The average molecular weight is 301 g/mol. The third-order valence-corrected chi connectivity index (χ3v) is 4.75. The molecule has 1 heteroatoms. The van der Waals surface area contributed by atoms with Crippen molar-refractivity contribution in [3.63, 3.8) is 0 Å². The van der Waals surface area contributed by atoms with Crippen molar-refractivity contribution in [1.82, 2.24) is 0 Å². The molecule has 92 valence electrons. The van der Waals surface area contributed by atoms with E-state index in [4.69, 9.17) is 0 Å². The van der Waals surface area contributed by atoms with Gasteiger partial charge in [-0.3, -0.25) is 0 Å². The number of hydrogen-bond acceptors (Lipinski definition) is 0. The second-order valence-corrected chi connectivity index (χ2v) is 6.71. The molecule has 1 aliphatic rings. The van der Waals surface area contributed by atoms with Gasteiger partial charge in [0.05, 0.1) is 0 Å². The molecule has 0 atom stereocenters. The van der Waals surface area contributed by atoms with Gasteiger partial charge in [-0.05, 0) is 59.4 Å². The third-order valence-electron chi connectivity index (χ3n) is 4.25. The summed E-state index contributed by atoms with van der Waals surface area (Å²) in [6.45, 7) is 9.03. The van der Waals surface area contributed by atoms with E-state index in [0.717, 1.165) is 4.47 Å². The van der Waals surface area contributed by atoms with Crippen molar-refractivity contribution in [2.75, 3.05) is 0 Å². The molecule has 2 aromatic rings. The molecule has 0 heterocycles. The first-order valence-corrected chi connectivity index (χ1v) is 7.12. The summed E-state index contributed by atoms with van der Waals surface area (Å²) in [7, 11) is 0. The summed E-state index contributed by atoms with van der Waals surface area (Å²) in [5, 5.41) is 0. The van der Waals surface area contributed by atoms with E-state index < -0.39 is 0 Å². The molecule has 0 saturated carbocycles. The molecule has 18 heavy (non-hydrogen) atoms. The van der Waals surface area contributed by atoms with Crippen molar-refractivity contribution < 1.29 is 0 Å². The van der Waals surface area contributed by atoms with Gasteiger partial charge < -0.3 is 0 Å². The number of aryl methyl sites for hydroxylation is 2. The highest BCUT2D eigenvalue weighted by Crippen LogP contribution is 2.49. The van der Waals surface area contributed by atoms with E-state index in [1.54, 1.807) is 0 Å². The summed E-state index contributed by atoms with van der Waals surface area (Å²) in [6, 6.07) is 11.3. The molecule has 0 fully saturated rings. The van der Waals surface area contributed by atoms with Crippen molar-refractivity contribution in [3.8, 4) is 11.1 Å². The minimum absolute atomic E-state index is 0.115. The van der Waals surface area contributed by atoms with Gasteiger partial charge in [0, 0.05) is 9.89 Å². The van der Waals surface area contributed by atoms with Crippen molar-refractivity contribution in [1.29, 1.82) is 0 Å². The Balaban J connectivity index is 2.40. The van der Waals surface area contributed by atoms with Gasteiger partial charge in [-0.15, -0.1) is 0 Å². The normalized spacial score (nSPS) is 15.4. The Morgan fingerprint density at radius 3 is 2.17 bits per heavy atom. The standard InChI is InChI=1S/C17H17Br/c1-10-7-13-14-9-12(18)5-6-15(14)17(3,4)16(13)8-11(10)2/h5-9H,1-4H3. The molecule has 0 saturated heterocycles. The first kappa shape index (κ1) is 12.0. The average Bonchev–Trinajstić information content (AvgIpc) is 2.50. The van der Waals surface area contributed by atoms with E-state index in [0.29, 0.717) is 0 Å².